The number of hydrogen-bond acceptors (Lipinski definition) is 2. The van der Waals surface area contributed by atoms with Crippen LogP contribution in [0.15, 0.2) is 39.6 Å². The zero-order valence-electron chi connectivity index (χ0n) is 6.81. The maximum absolute atomic E-state index is 11.5. The Balaban J connectivity index is 2.62. The zero-order chi connectivity index (χ0) is 9.26. The van der Waals surface area contributed by atoms with E-state index >= 15 is 0 Å². The maximum Gasteiger partial charge on any atom is 0.175 e. The molecule has 1 aromatic rings. The first-order chi connectivity index (χ1) is 6.27. The molecule has 0 aliphatic carbocycles. The molecule has 1 aromatic carbocycles. The van der Waals surface area contributed by atoms with Crippen molar-refractivity contribution in [2.24, 2.45) is 10.1 Å². The second kappa shape index (κ2) is 3.14. The van der Waals surface area contributed by atoms with Gasteiger partial charge in [-0.15, -0.1) is 0 Å². The van der Waals surface area contributed by atoms with E-state index in [4.69, 9.17) is 5.73 Å². The summed E-state index contributed by atoms with van der Waals surface area (Å²) in [4.78, 5) is 0.708. The summed E-state index contributed by atoms with van der Waals surface area (Å²) in [5.74, 6) is 0.300. The molecule has 0 bridgehead atoms. The quantitative estimate of drug-likeness (QED) is 0.669. The van der Waals surface area contributed by atoms with E-state index in [2.05, 4.69) is 4.40 Å². The molecule has 0 amide bonds. The Hall–Kier alpha value is -1.42. The molecule has 4 heteroatoms. The van der Waals surface area contributed by atoms with Gasteiger partial charge in [0.2, 0.25) is 0 Å². The molecule has 0 saturated carbocycles. The second-order valence-electron chi connectivity index (χ2n) is 2.64. The number of fused-ring (bicyclic) bond motifs is 1. The highest BCUT2D eigenvalue weighted by molar-refractivity contribution is 7.84. The Kier molecular flexibility index (Phi) is 1.98. The van der Waals surface area contributed by atoms with Crippen molar-refractivity contribution in [3.63, 3.8) is 0 Å². The van der Waals surface area contributed by atoms with E-state index in [-0.39, 0.29) is 0 Å². The number of nitrogens with zero attached hydrogens (tertiary/aromatic N) is 1. The third kappa shape index (κ3) is 1.53. The minimum Gasteiger partial charge on any atom is -0.383 e. The number of rotatable bonds is 0. The lowest BCUT2D eigenvalue weighted by molar-refractivity contribution is 0.684. The fourth-order valence-corrected chi connectivity index (χ4v) is 2.01. The summed E-state index contributed by atoms with van der Waals surface area (Å²) >= 11 is 0. The van der Waals surface area contributed by atoms with Crippen LogP contribution in [0.25, 0.3) is 6.08 Å². The van der Waals surface area contributed by atoms with Crippen LogP contribution in [0.1, 0.15) is 5.56 Å². The Labute approximate surface area is 78.6 Å². The third-order valence-corrected chi connectivity index (χ3v) is 2.85. The molecule has 66 valence electrons. The van der Waals surface area contributed by atoms with Gasteiger partial charge < -0.3 is 5.73 Å². The fraction of sp³-hybridized carbons (Fsp3) is 0. The molecule has 3 nitrogen and oxygen atoms in total. The molecule has 0 radical (unpaired) electrons. The van der Waals surface area contributed by atoms with E-state index in [1.165, 1.54) is 0 Å². The normalized spacial score (nSPS) is 20.3. The number of benzene rings is 1. The molecule has 2 rings (SSSR count). The van der Waals surface area contributed by atoms with Crippen LogP contribution >= 0.6 is 0 Å². The third-order valence-electron chi connectivity index (χ3n) is 1.73. The van der Waals surface area contributed by atoms with E-state index in [1.807, 2.05) is 24.3 Å². The van der Waals surface area contributed by atoms with E-state index in [9.17, 15) is 4.21 Å². The van der Waals surface area contributed by atoms with Gasteiger partial charge >= 0.3 is 0 Å². The molecule has 2 N–H and O–H groups in total. The first kappa shape index (κ1) is 8.19. The van der Waals surface area contributed by atoms with Crippen molar-refractivity contribution in [1.29, 1.82) is 0 Å². The SMILES string of the molecule is NC1=NS(=O)c2ccccc2C=C1. The highest BCUT2D eigenvalue weighted by Crippen LogP contribution is 2.18. The summed E-state index contributed by atoms with van der Waals surface area (Å²) in [5.41, 5.74) is 6.38. The first-order valence-corrected chi connectivity index (χ1v) is 4.91. The first-order valence-electron chi connectivity index (χ1n) is 3.80. The fourth-order valence-electron chi connectivity index (χ4n) is 1.13. The number of hydrogen-bond donors (Lipinski definition) is 1. The highest BCUT2D eigenvalue weighted by Gasteiger charge is 2.09. The minimum atomic E-state index is -1.36. The molecule has 1 aliphatic heterocycles. The minimum absolute atomic E-state index is 0.300. The van der Waals surface area contributed by atoms with Crippen LogP contribution in [0.3, 0.4) is 0 Å². The van der Waals surface area contributed by atoms with Crippen molar-refractivity contribution < 1.29 is 4.21 Å². The lowest BCUT2D eigenvalue weighted by Crippen LogP contribution is -2.07. The van der Waals surface area contributed by atoms with Crippen molar-refractivity contribution in [1.82, 2.24) is 0 Å². The average molecular weight is 192 g/mol. The van der Waals surface area contributed by atoms with Crippen molar-refractivity contribution in [3.8, 4) is 0 Å². The zero-order valence-corrected chi connectivity index (χ0v) is 7.62. The molecular formula is C9H8N2OS. The van der Waals surface area contributed by atoms with Crippen molar-refractivity contribution in [2.45, 2.75) is 4.90 Å². The van der Waals surface area contributed by atoms with Crippen molar-refractivity contribution >= 4 is 22.9 Å². The van der Waals surface area contributed by atoms with Gasteiger partial charge in [0.1, 0.15) is 5.84 Å². The summed E-state index contributed by atoms with van der Waals surface area (Å²) in [6.45, 7) is 0. The van der Waals surface area contributed by atoms with Crippen LogP contribution in [0.2, 0.25) is 0 Å². The molecular weight excluding hydrogens is 184 g/mol. The van der Waals surface area contributed by atoms with E-state index < -0.39 is 11.0 Å². The monoisotopic (exact) mass is 192 g/mol. The molecule has 0 aromatic heterocycles. The molecule has 1 aliphatic rings. The van der Waals surface area contributed by atoms with Crippen LogP contribution in [0.4, 0.5) is 0 Å². The average Bonchev–Trinajstić information content (AvgIpc) is 2.27. The smallest absolute Gasteiger partial charge is 0.175 e. The summed E-state index contributed by atoms with van der Waals surface area (Å²) < 4.78 is 15.3. The van der Waals surface area contributed by atoms with Gasteiger partial charge in [-0.3, -0.25) is 0 Å². The Morgan fingerprint density at radius 3 is 2.85 bits per heavy atom. The van der Waals surface area contributed by atoms with Crippen molar-refractivity contribution in [3.05, 3.63) is 35.9 Å². The van der Waals surface area contributed by atoms with Gasteiger partial charge in [0.25, 0.3) is 0 Å². The molecule has 1 atom stereocenters. The number of amidine groups is 1. The number of nitrogens with two attached hydrogens (primary N) is 1. The predicted octanol–water partition coefficient (Wildman–Crippen LogP) is 1.09. The second-order valence-corrected chi connectivity index (χ2v) is 3.76. The van der Waals surface area contributed by atoms with Gasteiger partial charge in [0, 0.05) is 0 Å². The lowest BCUT2D eigenvalue weighted by atomic mass is 10.2. The van der Waals surface area contributed by atoms with Crippen LogP contribution in [-0.2, 0) is 11.0 Å². The highest BCUT2D eigenvalue weighted by atomic mass is 32.2. The molecule has 0 spiro atoms. The van der Waals surface area contributed by atoms with Gasteiger partial charge in [-0.1, -0.05) is 24.3 Å². The topological polar surface area (TPSA) is 55.4 Å². The molecule has 0 saturated heterocycles. The van der Waals surface area contributed by atoms with E-state index in [1.54, 1.807) is 12.1 Å². The van der Waals surface area contributed by atoms with Crippen LogP contribution in [-0.4, -0.2) is 10.0 Å². The van der Waals surface area contributed by atoms with Crippen molar-refractivity contribution in [2.75, 3.05) is 0 Å². The maximum atomic E-state index is 11.5. The Morgan fingerprint density at radius 2 is 2.00 bits per heavy atom. The largest absolute Gasteiger partial charge is 0.383 e. The molecule has 1 heterocycles. The summed E-state index contributed by atoms with van der Waals surface area (Å²) in [6, 6.07) is 7.40. The summed E-state index contributed by atoms with van der Waals surface area (Å²) in [6.07, 6.45) is 3.47. The van der Waals surface area contributed by atoms with Gasteiger partial charge in [-0.05, 0) is 17.7 Å². The predicted molar refractivity (Wildman–Crippen MR) is 53.5 cm³/mol. The Bertz CT molecular complexity index is 423. The summed E-state index contributed by atoms with van der Waals surface area (Å²) in [7, 11) is -1.36. The van der Waals surface area contributed by atoms with Gasteiger partial charge in [-0.25, -0.2) is 4.21 Å². The lowest BCUT2D eigenvalue weighted by Gasteiger charge is -1.98. The molecule has 0 fully saturated rings. The standard InChI is InChI=1S/C9H8N2OS/c10-9-6-5-7-3-1-2-4-8(7)13(12)11-9/h1-6H,(H2,10,11). The van der Waals surface area contributed by atoms with Gasteiger partial charge in [-0.2, -0.15) is 4.40 Å². The van der Waals surface area contributed by atoms with Gasteiger partial charge in [0.15, 0.2) is 11.0 Å². The Morgan fingerprint density at radius 1 is 1.23 bits per heavy atom. The van der Waals surface area contributed by atoms with Gasteiger partial charge in [0.05, 0.1) is 4.90 Å². The summed E-state index contributed by atoms with van der Waals surface area (Å²) in [5, 5.41) is 0. The van der Waals surface area contributed by atoms with Crippen LogP contribution in [0.5, 0.6) is 0 Å². The molecule has 1 unspecified atom stereocenters. The van der Waals surface area contributed by atoms with Crippen LogP contribution < -0.4 is 5.73 Å². The molecule has 13 heavy (non-hydrogen) atoms. The van der Waals surface area contributed by atoms with E-state index in [0.29, 0.717) is 10.7 Å². The van der Waals surface area contributed by atoms with Crippen LogP contribution in [0, 0.1) is 0 Å². The van der Waals surface area contributed by atoms with E-state index in [0.717, 1.165) is 5.56 Å².